The molecular formula is C29H33F3N5O2+. The summed E-state index contributed by atoms with van der Waals surface area (Å²) in [6.07, 6.45) is 3.53. The number of halogens is 3. The van der Waals surface area contributed by atoms with Gasteiger partial charge in [-0.2, -0.15) is 13.2 Å². The van der Waals surface area contributed by atoms with Crippen LogP contribution >= 0.6 is 0 Å². The maximum atomic E-state index is 14.3. The Bertz CT molecular complexity index is 1420. The van der Waals surface area contributed by atoms with E-state index in [0.29, 0.717) is 16.9 Å². The van der Waals surface area contributed by atoms with Gasteiger partial charge in [-0.3, -0.25) is 9.69 Å². The van der Waals surface area contributed by atoms with Crippen LogP contribution in [0.2, 0.25) is 0 Å². The Labute approximate surface area is 225 Å². The average Bonchev–Trinajstić information content (AvgIpc) is 3.42. The molecule has 0 bridgehead atoms. The number of nitrogens with one attached hydrogen (secondary N) is 1. The van der Waals surface area contributed by atoms with Crippen molar-refractivity contribution in [3.63, 3.8) is 0 Å². The van der Waals surface area contributed by atoms with Crippen LogP contribution in [0.1, 0.15) is 77.6 Å². The van der Waals surface area contributed by atoms with Gasteiger partial charge >= 0.3 is 6.18 Å². The van der Waals surface area contributed by atoms with Crippen molar-refractivity contribution in [3.05, 3.63) is 70.8 Å². The molecule has 39 heavy (non-hydrogen) atoms. The minimum absolute atomic E-state index is 0.0115. The number of hydrogen-bond acceptors (Lipinski definition) is 4. The van der Waals surface area contributed by atoms with E-state index < -0.39 is 17.6 Å². The van der Waals surface area contributed by atoms with Crippen molar-refractivity contribution >= 4 is 11.6 Å². The molecule has 2 saturated carbocycles. The Morgan fingerprint density at radius 1 is 1.23 bits per heavy atom. The second kappa shape index (κ2) is 9.45. The number of hydrogen-bond donors (Lipinski definition) is 2. The molecular weight excluding hydrogens is 507 g/mol. The molecule has 2 fully saturated rings. The van der Waals surface area contributed by atoms with Crippen LogP contribution in [-0.4, -0.2) is 32.8 Å². The molecule has 2 aromatic carbocycles. The van der Waals surface area contributed by atoms with Gasteiger partial charge in [-0.1, -0.05) is 16.8 Å². The molecule has 1 aromatic heterocycles. The van der Waals surface area contributed by atoms with Crippen molar-refractivity contribution in [2.75, 3.05) is 11.5 Å². The Morgan fingerprint density at radius 2 is 2.00 bits per heavy atom. The quantitative estimate of drug-likeness (QED) is 0.436. The lowest BCUT2D eigenvalue weighted by Gasteiger charge is -2.39. The summed E-state index contributed by atoms with van der Waals surface area (Å²) in [7, 11) is 1.84. The van der Waals surface area contributed by atoms with E-state index in [1.807, 2.05) is 19.2 Å². The molecule has 1 amide bonds. The third kappa shape index (κ3) is 4.63. The highest BCUT2D eigenvalue weighted by Crippen LogP contribution is 2.46. The molecule has 206 valence electrons. The molecule has 0 radical (unpaired) electrons. The number of rotatable bonds is 7. The van der Waals surface area contributed by atoms with Crippen LogP contribution in [0.15, 0.2) is 43.0 Å². The maximum Gasteiger partial charge on any atom is 0.416 e. The maximum absolute atomic E-state index is 14.3. The fourth-order valence-electron chi connectivity index (χ4n) is 6.19. The lowest BCUT2D eigenvalue weighted by Crippen LogP contribution is -2.47. The Hall–Kier alpha value is -3.24. The normalized spacial score (nSPS) is 22.0. The smallest absolute Gasteiger partial charge is 0.396 e. The first-order valence-corrected chi connectivity index (χ1v) is 13.5. The second-order valence-electron chi connectivity index (χ2n) is 11.6. The zero-order valence-corrected chi connectivity index (χ0v) is 22.1. The van der Waals surface area contributed by atoms with Gasteiger partial charge in [-0.05, 0) is 85.3 Å². The van der Waals surface area contributed by atoms with Gasteiger partial charge in [0.05, 0.1) is 24.8 Å². The van der Waals surface area contributed by atoms with Crippen molar-refractivity contribution in [2.45, 2.75) is 69.8 Å². The van der Waals surface area contributed by atoms with Crippen LogP contribution in [0.25, 0.3) is 5.69 Å². The van der Waals surface area contributed by atoms with E-state index in [4.69, 9.17) is 0 Å². The monoisotopic (exact) mass is 540 g/mol. The van der Waals surface area contributed by atoms with Crippen LogP contribution in [0.3, 0.4) is 0 Å². The molecule has 0 atom stereocenters. The molecule has 10 heteroatoms. The average molecular weight is 541 g/mol. The Morgan fingerprint density at radius 3 is 2.62 bits per heavy atom. The number of aliphatic hydroxyl groups excluding tert-OH is 1. The van der Waals surface area contributed by atoms with Gasteiger partial charge in [0.1, 0.15) is 0 Å². The lowest BCUT2D eigenvalue weighted by atomic mass is 9.71. The number of benzene rings is 2. The summed E-state index contributed by atoms with van der Waals surface area (Å²) < 4.78 is 46.3. The number of aliphatic hydroxyl groups is 1. The Kier molecular flexibility index (Phi) is 6.30. The summed E-state index contributed by atoms with van der Waals surface area (Å²) in [5.41, 5.74) is 1.94. The Balaban J connectivity index is 1.40. The zero-order chi connectivity index (χ0) is 27.5. The van der Waals surface area contributed by atoms with Crippen molar-refractivity contribution in [1.82, 2.24) is 15.0 Å². The van der Waals surface area contributed by atoms with E-state index in [2.05, 4.69) is 17.3 Å². The van der Waals surface area contributed by atoms with E-state index in [9.17, 15) is 23.1 Å². The van der Waals surface area contributed by atoms with Crippen molar-refractivity contribution in [2.24, 2.45) is 13.0 Å². The summed E-state index contributed by atoms with van der Waals surface area (Å²) in [5.74, 6) is -0.0477. The largest absolute Gasteiger partial charge is 0.416 e. The number of aromatic nitrogens is 3. The molecule has 7 nitrogen and oxygen atoms in total. The summed E-state index contributed by atoms with van der Waals surface area (Å²) in [5, 5.41) is 17.4. The highest BCUT2D eigenvalue weighted by molar-refractivity contribution is 6.11. The highest BCUT2D eigenvalue weighted by Gasteiger charge is 2.43. The van der Waals surface area contributed by atoms with Crippen LogP contribution in [0, 0.1) is 5.92 Å². The number of carbonyl (C=O) groups is 1. The highest BCUT2D eigenvalue weighted by atomic mass is 19.4. The van der Waals surface area contributed by atoms with Crippen molar-refractivity contribution < 1.29 is 27.8 Å². The number of nitrogens with zero attached hydrogens (tertiary/aromatic N) is 4. The number of fused-ring (bicyclic) bond motifs is 1. The van der Waals surface area contributed by atoms with Gasteiger partial charge in [-0.25, -0.2) is 4.57 Å². The number of carbonyl (C=O) groups excluding carboxylic acids is 1. The molecule has 0 unspecified atom stereocenters. The molecule has 2 heterocycles. The SMILES string of the molecule is Cn1cn[n+](-c2c(N3Cc4c(cc(CNC5(C)CCC5)cc4C(F)(F)F)C3=O)cccc2[C@H]2C[C@@H](CO)C2)c1. The fourth-order valence-corrected chi connectivity index (χ4v) is 6.19. The predicted molar refractivity (Wildman–Crippen MR) is 138 cm³/mol. The lowest BCUT2D eigenvalue weighted by molar-refractivity contribution is -0.657. The molecule has 3 aliphatic rings. The van der Waals surface area contributed by atoms with Crippen LogP contribution in [0.5, 0.6) is 0 Å². The standard InChI is InChI=1S/C29H33F3N5O2/c1-28(7-4-8-28)33-13-18-11-22-23(24(12-18)29(30,31)32)14-36(27(22)39)25-6-3-5-21(20-9-19(10-20)15-38)26(25)37-17-35(2)16-34-37/h3,5-6,11-12,16-17,19-20,33,38H,4,7-10,13-15H2,1-2H3/q+1/t19-,20+. The predicted octanol–water partition coefficient (Wildman–Crippen LogP) is 4.39. The first-order chi connectivity index (χ1) is 18.6. The minimum atomic E-state index is -4.58. The third-order valence-corrected chi connectivity index (χ3v) is 8.73. The van der Waals surface area contributed by atoms with Gasteiger partial charge in [-0.15, -0.1) is 0 Å². The van der Waals surface area contributed by atoms with E-state index in [1.54, 1.807) is 34.0 Å². The van der Waals surface area contributed by atoms with Crippen LogP contribution in [0.4, 0.5) is 18.9 Å². The van der Waals surface area contributed by atoms with E-state index in [1.165, 1.54) is 11.0 Å². The molecule has 1 aliphatic heterocycles. The van der Waals surface area contributed by atoms with Crippen LogP contribution in [-0.2, 0) is 26.3 Å². The van der Waals surface area contributed by atoms with E-state index in [-0.39, 0.29) is 48.2 Å². The minimum Gasteiger partial charge on any atom is -0.396 e. The van der Waals surface area contributed by atoms with E-state index >= 15 is 0 Å². The summed E-state index contributed by atoms with van der Waals surface area (Å²) in [6, 6.07) is 8.42. The molecule has 2 aliphatic carbocycles. The third-order valence-electron chi connectivity index (χ3n) is 8.73. The first kappa shape index (κ1) is 26.0. The first-order valence-electron chi connectivity index (χ1n) is 13.5. The fraction of sp³-hybridized carbons (Fsp3) is 0.483. The van der Waals surface area contributed by atoms with Crippen molar-refractivity contribution in [3.8, 4) is 5.69 Å². The number of para-hydroxylation sites is 1. The summed E-state index contributed by atoms with van der Waals surface area (Å²) >= 11 is 0. The summed E-state index contributed by atoms with van der Waals surface area (Å²) in [6.45, 7) is 2.31. The molecule has 6 rings (SSSR count). The topological polar surface area (TPSA) is 74.3 Å². The van der Waals surface area contributed by atoms with Gasteiger partial charge in [0, 0.05) is 29.8 Å². The van der Waals surface area contributed by atoms with Gasteiger partial charge in [0.25, 0.3) is 12.2 Å². The zero-order valence-electron chi connectivity index (χ0n) is 22.1. The summed E-state index contributed by atoms with van der Waals surface area (Å²) in [4.78, 5) is 15.3. The molecule has 3 aromatic rings. The van der Waals surface area contributed by atoms with Gasteiger partial charge in [0.2, 0.25) is 6.33 Å². The van der Waals surface area contributed by atoms with Gasteiger partial charge in [0.15, 0.2) is 5.69 Å². The second-order valence-corrected chi connectivity index (χ2v) is 11.6. The number of aryl methyl sites for hydroxylation is 1. The number of alkyl halides is 3. The molecule has 0 spiro atoms. The molecule has 0 saturated heterocycles. The van der Waals surface area contributed by atoms with E-state index in [0.717, 1.165) is 37.7 Å². The number of anilines is 1. The number of amides is 1. The molecule has 2 N–H and O–H groups in total. The van der Waals surface area contributed by atoms with Crippen molar-refractivity contribution in [1.29, 1.82) is 0 Å². The van der Waals surface area contributed by atoms with Crippen LogP contribution < -0.4 is 14.9 Å². The van der Waals surface area contributed by atoms with Gasteiger partial charge < -0.3 is 10.4 Å².